The van der Waals surface area contributed by atoms with Gasteiger partial charge in [0.25, 0.3) is 0 Å². The zero-order valence-corrected chi connectivity index (χ0v) is 18.1. The number of carbonyl (C=O) groups is 3. The third-order valence-electron chi connectivity index (χ3n) is 4.56. The van der Waals surface area contributed by atoms with Gasteiger partial charge in [0.15, 0.2) is 0 Å². The van der Waals surface area contributed by atoms with Crippen LogP contribution in [0.5, 0.6) is 0 Å². The van der Waals surface area contributed by atoms with Crippen molar-refractivity contribution in [2.24, 2.45) is 0 Å². The first-order chi connectivity index (χ1) is 13.7. The summed E-state index contributed by atoms with van der Waals surface area (Å²) >= 11 is 6.14. The van der Waals surface area contributed by atoms with E-state index in [4.69, 9.17) is 16.3 Å². The number of hydrogen-bond donors (Lipinski definition) is 1. The zero-order valence-electron chi connectivity index (χ0n) is 17.4. The summed E-state index contributed by atoms with van der Waals surface area (Å²) in [5, 5.41) is 3.27. The topological polar surface area (TPSA) is 79.0 Å². The molecule has 0 spiro atoms. The minimum atomic E-state index is -0.567. The largest absolute Gasteiger partial charge is 0.444 e. The van der Waals surface area contributed by atoms with Crippen LogP contribution in [0, 0.1) is 0 Å². The minimum absolute atomic E-state index is 0.0378. The fourth-order valence-corrected chi connectivity index (χ4v) is 3.28. The lowest BCUT2D eigenvalue weighted by Crippen LogP contribution is -2.51. The molecular formula is C21H30ClN3O4. The Labute approximate surface area is 177 Å². The van der Waals surface area contributed by atoms with E-state index in [1.165, 1.54) is 0 Å². The van der Waals surface area contributed by atoms with Gasteiger partial charge in [0, 0.05) is 50.6 Å². The molecule has 0 aromatic heterocycles. The van der Waals surface area contributed by atoms with Crippen LogP contribution < -0.4 is 5.32 Å². The van der Waals surface area contributed by atoms with E-state index in [1.54, 1.807) is 30.6 Å². The number of nitrogens with zero attached hydrogens (tertiary/aromatic N) is 2. The maximum Gasteiger partial charge on any atom is 0.407 e. The van der Waals surface area contributed by atoms with E-state index in [0.717, 1.165) is 5.56 Å². The molecular weight excluding hydrogens is 394 g/mol. The highest BCUT2D eigenvalue weighted by Gasteiger charge is 2.24. The standard InChI is InChI=1S/C21H30ClN3O4/c1-21(2,3)29-20(28)23-11-10-19(27)25-14-12-24(13-15-25)18(26)9-8-16-6-4-5-7-17(16)22/h4-7H,8-15H2,1-3H3,(H,23,28). The maximum absolute atomic E-state index is 12.4. The van der Waals surface area contributed by atoms with Crippen LogP contribution in [-0.4, -0.2) is 66.0 Å². The molecule has 0 unspecified atom stereocenters. The Balaban J connectivity index is 1.67. The highest BCUT2D eigenvalue weighted by Crippen LogP contribution is 2.17. The van der Waals surface area contributed by atoms with Gasteiger partial charge in [-0.05, 0) is 38.8 Å². The third kappa shape index (κ3) is 7.93. The SMILES string of the molecule is CC(C)(C)OC(=O)NCCC(=O)N1CCN(C(=O)CCc2ccccc2Cl)CC1. The van der Waals surface area contributed by atoms with Crippen molar-refractivity contribution in [1.29, 1.82) is 0 Å². The van der Waals surface area contributed by atoms with E-state index >= 15 is 0 Å². The van der Waals surface area contributed by atoms with Crippen LogP contribution in [0.4, 0.5) is 4.79 Å². The number of amides is 3. The first-order valence-electron chi connectivity index (χ1n) is 9.91. The van der Waals surface area contributed by atoms with Gasteiger partial charge in [0.05, 0.1) is 0 Å². The number of nitrogens with one attached hydrogen (secondary N) is 1. The molecule has 0 saturated carbocycles. The second-order valence-electron chi connectivity index (χ2n) is 8.03. The first-order valence-corrected chi connectivity index (χ1v) is 10.3. The predicted octanol–water partition coefficient (Wildman–Crippen LogP) is 2.86. The van der Waals surface area contributed by atoms with Crippen LogP contribution in [-0.2, 0) is 20.7 Å². The molecule has 0 radical (unpaired) electrons. The van der Waals surface area contributed by atoms with Crippen LogP contribution >= 0.6 is 11.6 Å². The third-order valence-corrected chi connectivity index (χ3v) is 4.93. The molecule has 160 valence electrons. The van der Waals surface area contributed by atoms with E-state index in [-0.39, 0.29) is 24.8 Å². The van der Waals surface area contributed by atoms with E-state index < -0.39 is 11.7 Å². The summed E-state index contributed by atoms with van der Waals surface area (Å²) in [5.41, 5.74) is 0.400. The number of ether oxygens (including phenoxy) is 1. The van der Waals surface area contributed by atoms with Crippen molar-refractivity contribution >= 4 is 29.5 Å². The van der Waals surface area contributed by atoms with Gasteiger partial charge >= 0.3 is 6.09 Å². The van der Waals surface area contributed by atoms with Gasteiger partial charge in [0.1, 0.15) is 5.60 Å². The molecule has 0 atom stereocenters. The van der Waals surface area contributed by atoms with Crippen LogP contribution in [0.25, 0.3) is 0 Å². The lowest BCUT2D eigenvalue weighted by Gasteiger charge is -2.35. The molecule has 0 aliphatic carbocycles. The van der Waals surface area contributed by atoms with Crippen LogP contribution in [0.3, 0.4) is 0 Å². The van der Waals surface area contributed by atoms with Crippen molar-refractivity contribution in [2.45, 2.75) is 45.6 Å². The highest BCUT2D eigenvalue weighted by atomic mass is 35.5. The van der Waals surface area contributed by atoms with Crippen molar-refractivity contribution in [2.75, 3.05) is 32.7 Å². The molecule has 8 heteroatoms. The molecule has 1 fully saturated rings. The molecule has 0 bridgehead atoms. The lowest BCUT2D eigenvalue weighted by molar-refractivity contribution is -0.139. The summed E-state index contributed by atoms with van der Waals surface area (Å²) in [6.07, 6.45) is 0.685. The first kappa shape index (κ1) is 23.0. The van der Waals surface area contributed by atoms with Gasteiger partial charge < -0.3 is 19.9 Å². The monoisotopic (exact) mass is 423 g/mol. The molecule has 1 heterocycles. The Morgan fingerprint density at radius 2 is 1.55 bits per heavy atom. The fraction of sp³-hybridized carbons (Fsp3) is 0.571. The molecule has 29 heavy (non-hydrogen) atoms. The van der Waals surface area contributed by atoms with Gasteiger partial charge in [-0.15, -0.1) is 0 Å². The van der Waals surface area contributed by atoms with Crippen molar-refractivity contribution in [3.63, 3.8) is 0 Å². The van der Waals surface area contributed by atoms with Crippen molar-refractivity contribution in [3.8, 4) is 0 Å². The number of benzene rings is 1. The Kier molecular flexibility index (Phi) is 8.32. The second kappa shape index (κ2) is 10.5. The van der Waals surface area contributed by atoms with Crippen LogP contribution in [0.1, 0.15) is 39.2 Å². The van der Waals surface area contributed by atoms with Gasteiger partial charge in [-0.1, -0.05) is 29.8 Å². The van der Waals surface area contributed by atoms with Gasteiger partial charge in [-0.3, -0.25) is 9.59 Å². The Hall–Kier alpha value is -2.28. The Morgan fingerprint density at radius 1 is 1.00 bits per heavy atom. The number of carbonyl (C=O) groups excluding carboxylic acids is 3. The molecule has 7 nitrogen and oxygen atoms in total. The molecule has 1 aliphatic heterocycles. The molecule has 1 aliphatic rings. The Morgan fingerprint density at radius 3 is 2.10 bits per heavy atom. The van der Waals surface area contributed by atoms with Crippen LogP contribution in [0.2, 0.25) is 5.02 Å². The van der Waals surface area contributed by atoms with Crippen molar-refractivity contribution < 1.29 is 19.1 Å². The summed E-state index contributed by atoms with van der Waals surface area (Å²) < 4.78 is 5.14. The summed E-state index contributed by atoms with van der Waals surface area (Å²) in [5.74, 6) is 0.0350. The molecule has 1 aromatic rings. The summed E-state index contributed by atoms with van der Waals surface area (Å²) in [6, 6.07) is 7.53. The van der Waals surface area contributed by atoms with Crippen LogP contribution in [0.15, 0.2) is 24.3 Å². The normalized spacial score (nSPS) is 14.5. The summed E-state index contributed by atoms with van der Waals surface area (Å²) in [6.45, 7) is 7.63. The average Bonchev–Trinajstić information content (AvgIpc) is 2.65. The molecule has 1 N–H and O–H groups in total. The fourth-order valence-electron chi connectivity index (χ4n) is 3.05. The predicted molar refractivity (Wildman–Crippen MR) is 112 cm³/mol. The Bertz CT molecular complexity index is 725. The van der Waals surface area contributed by atoms with Gasteiger partial charge in [-0.2, -0.15) is 0 Å². The average molecular weight is 424 g/mol. The summed E-state index contributed by atoms with van der Waals surface area (Å²) in [7, 11) is 0. The van der Waals surface area contributed by atoms with E-state index in [2.05, 4.69) is 5.32 Å². The smallest absolute Gasteiger partial charge is 0.407 e. The van der Waals surface area contributed by atoms with E-state index in [0.29, 0.717) is 44.0 Å². The number of halogens is 1. The van der Waals surface area contributed by atoms with E-state index in [9.17, 15) is 14.4 Å². The van der Waals surface area contributed by atoms with Gasteiger partial charge in [0.2, 0.25) is 11.8 Å². The number of hydrogen-bond acceptors (Lipinski definition) is 4. The number of alkyl carbamates (subject to hydrolysis) is 1. The maximum atomic E-state index is 12.4. The van der Waals surface area contributed by atoms with E-state index in [1.807, 2.05) is 24.3 Å². The lowest BCUT2D eigenvalue weighted by atomic mass is 10.1. The molecule has 2 rings (SSSR count). The van der Waals surface area contributed by atoms with Crippen molar-refractivity contribution in [1.82, 2.24) is 15.1 Å². The highest BCUT2D eigenvalue weighted by molar-refractivity contribution is 6.31. The number of piperazine rings is 1. The van der Waals surface area contributed by atoms with Crippen molar-refractivity contribution in [3.05, 3.63) is 34.9 Å². The second-order valence-corrected chi connectivity index (χ2v) is 8.44. The number of rotatable bonds is 6. The minimum Gasteiger partial charge on any atom is -0.444 e. The molecule has 3 amide bonds. The number of aryl methyl sites for hydroxylation is 1. The molecule has 1 aromatic carbocycles. The zero-order chi connectivity index (χ0) is 21.4. The summed E-state index contributed by atoms with van der Waals surface area (Å²) in [4.78, 5) is 39.9. The van der Waals surface area contributed by atoms with Gasteiger partial charge in [-0.25, -0.2) is 4.79 Å². The quantitative estimate of drug-likeness (QED) is 0.763. The molecule has 1 saturated heterocycles.